The number of hydrogen-bond donors (Lipinski definition) is 3. The Bertz CT molecular complexity index is 1080. The number of aliphatic hydroxyl groups is 1. The Balaban J connectivity index is 1.94. The van der Waals surface area contributed by atoms with Gasteiger partial charge in [0.15, 0.2) is 11.5 Å². The molecule has 0 heterocycles. The number of aliphatic hydroxyl groups excluding tert-OH is 1. The fourth-order valence-corrected chi connectivity index (χ4v) is 2.68. The number of ether oxygens (including phenoxy) is 2. The molecule has 31 heavy (non-hydrogen) atoms. The lowest BCUT2D eigenvalue weighted by Gasteiger charge is -2.17. The second-order valence-corrected chi connectivity index (χ2v) is 6.53. The van der Waals surface area contributed by atoms with Crippen LogP contribution in [0.15, 0.2) is 78.9 Å². The summed E-state index contributed by atoms with van der Waals surface area (Å²) in [6.07, 6.45) is -1.58. The Morgan fingerprint density at radius 1 is 0.742 bits per heavy atom. The molecule has 8 heteroatoms. The number of carboxylic acid groups (broad SMARTS) is 1. The van der Waals surface area contributed by atoms with Crippen LogP contribution >= 0.6 is 0 Å². The third-order valence-electron chi connectivity index (χ3n) is 4.36. The number of esters is 2. The topological polar surface area (TPSA) is 136 Å². The average Bonchev–Trinajstić information content (AvgIpc) is 2.80. The number of benzene rings is 3. The summed E-state index contributed by atoms with van der Waals surface area (Å²) in [5.41, 5.74) is 6.08. The van der Waals surface area contributed by atoms with Crippen LogP contribution < -0.4 is 15.2 Å². The Labute approximate surface area is 177 Å². The van der Waals surface area contributed by atoms with Crippen LogP contribution in [0.4, 0.5) is 0 Å². The maximum atomic E-state index is 12.5. The van der Waals surface area contributed by atoms with E-state index in [1.807, 2.05) is 0 Å². The van der Waals surface area contributed by atoms with Crippen molar-refractivity contribution in [2.24, 2.45) is 5.73 Å². The Morgan fingerprint density at radius 2 is 1.23 bits per heavy atom. The van der Waals surface area contributed by atoms with Crippen molar-refractivity contribution in [2.45, 2.75) is 12.1 Å². The quantitative estimate of drug-likeness (QED) is 0.391. The van der Waals surface area contributed by atoms with E-state index in [-0.39, 0.29) is 28.2 Å². The Kier molecular flexibility index (Phi) is 6.76. The number of carbonyl (C=O) groups is 3. The molecule has 0 fully saturated rings. The van der Waals surface area contributed by atoms with E-state index in [9.17, 15) is 19.5 Å². The molecule has 0 aliphatic rings. The molecular formula is C23H19NO7. The molecule has 0 unspecified atom stereocenters. The van der Waals surface area contributed by atoms with Crippen LogP contribution in [-0.2, 0) is 4.79 Å². The molecule has 3 aromatic carbocycles. The van der Waals surface area contributed by atoms with Gasteiger partial charge >= 0.3 is 17.9 Å². The first-order chi connectivity index (χ1) is 14.9. The lowest BCUT2D eigenvalue weighted by Crippen LogP contribution is -2.36. The van der Waals surface area contributed by atoms with E-state index >= 15 is 0 Å². The monoisotopic (exact) mass is 421 g/mol. The van der Waals surface area contributed by atoms with Gasteiger partial charge < -0.3 is 25.4 Å². The zero-order valence-electron chi connectivity index (χ0n) is 16.2. The van der Waals surface area contributed by atoms with E-state index < -0.39 is 30.1 Å². The number of carboxylic acids is 1. The van der Waals surface area contributed by atoms with Crippen molar-refractivity contribution in [1.29, 1.82) is 0 Å². The molecule has 0 saturated heterocycles. The standard InChI is InChI=1S/C23H19NO7/c24-19(21(26)27)20(25)16-11-12-17(30-22(28)14-7-3-1-4-8-14)18(13-16)31-23(29)15-9-5-2-6-10-15/h1-13,19-20,25H,24H2,(H,26,27)/t19-,20-/m0/s1. The highest BCUT2D eigenvalue weighted by atomic mass is 16.6. The van der Waals surface area contributed by atoms with E-state index in [0.717, 1.165) is 0 Å². The number of hydrogen-bond acceptors (Lipinski definition) is 7. The predicted octanol–water partition coefficient (Wildman–Crippen LogP) is 2.57. The SMILES string of the molecule is N[C@H](C(=O)O)[C@@H](O)c1ccc(OC(=O)c2ccccc2)c(OC(=O)c2ccccc2)c1. The molecule has 0 amide bonds. The molecule has 8 nitrogen and oxygen atoms in total. The van der Waals surface area contributed by atoms with Crippen LogP contribution in [0.5, 0.6) is 11.5 Å². The molecular weight excluding hydrogens is 402 g/mol. The second-order valence-electron chi connectivity index (χ2n) is 6.53. The van der Waals surface area contributed by atoms with Gasteiger partial charge in [-0.1, -0.05) is 42.5 Å². The summed E-state index contributed by atoms with van der Waals surface area (Å²) >= 11 is 0. The van der Waals surface area contributed by atoms with E-state index in [1.165, 1.54) is 30.3 Å². The molecule has 2 atom stereocenters. The molecule has 158 valence electrons. The minimum absolute atomic E-state index is 0.0743. The summed E-state index contributed by atoms with van der Waals surface area (Å²) < 4.78 is 10.7. The largest absolute Gasteiger partial charge is 0.480 e. The Hall–Kier alpha value is -4.01. The van der Waals surface area contributed by atoms with Gasteiger partial charge in [0.25, 0.3) is 0 Å². The van der Waals surface area contributed by atoms with E-state index in [4.69, 9.17) is 20.3 Å². The smallest absolute Gasteiger partial charge is 0.343 e. The van der Waals surface area contributed by atoms with Gasteiger partial charge in [-0.15, -0.1) is 0 Å². The molecule has 0 spiro atoms. The molecule has 0 saturated carbocycles. The van der Waals surface area contributed by atoms with Crippen molar-refractivity contribution in [3.8, 4) is 11.5 Å². The van der Waals surface area contributed by atoms with Crippen LogP contribution in [0.2, 0.25) is 0 Å². The van der Waals surface area contributed by atoms with Crippen LogP contribution in [0.25, 0.3) is 0 Å². The number of rotatable bonds is 7. The zero-order valence-corrected chi connectivity index (χ0v) is 16.2. The first kappa shape index (κ1) is 21.7. The molecule has 0 radical (unpaired) electrons. The van der Waals surface area contributed by atoms with Gasteiger partial charge in [0.2, 0.25) is 0 Å². The van der Waals surface area contributed by atoms with Crippen LogP contribution in [0, 0.1) is 0 Å². The van der Waals surface area contributed by atoms with Gasteiger partial charge in [0.1, 0.15) is 12.1 Å². The third-order valence-corrected chi connectivity index (χ3v) is 4.36. The Morgan fingerprint density at radius 3 is 1.71 bits per heavy atom. The minimum Gasteiger partial charge on any atom is -0.480 e. The van der Waals surface area contributed by atoms with Gasteiger partial charge in [0, 0.05) is 0 Å². The average molecular weight is 421 g/mol. The van der Waals surface area contributed by atoms with Gasteiger partial charge in [-0.2, -0.15) is 0 Å². The van der Waals surface area contributed by atoms with Gasteiger partial charge in [-0.25, -0.2) is 9.59 Å². The zero-order chi connectivity index (χ0) is 22.4. The molecule has 0 aromatic heterocycles. The first-order valence-electron chi connectivity index (χ1n) is 9.21. The van der Waals surface area contributed by atoms with Gasteiger partial charge in [0.05, 0.1) is 11.1 Å². The summed E-state index contributed by atoms with van der Waals surface area (Å²) in [4.78, 5) is 36.0. The fourth-order valence-electron chi connectivity index (χ4n) is 2.68. The maximum absolute atomic E-state index is 12.5. The highest BCUT2D eigenvalue weighted by Gasteiger charge is 2.26. The van der Waals surface area contributed by atoms with Crippen molar-refractivity contribution >= 4 is 17.9 Å². The van der Waals surface area contributed by atoms with E-state index in [2.05, 4.69) is 0 Å². The number of aliphatic carboxylic acids is 1. The highest BCUT2D eigenvalue weighted by Crippen LogP contribution is 2.32. The fraction of sp³-hybridized carbons (Fsp3) is 0.0870. The molecule has 4 N–H and O–H groups in total. The summed E-state index contributed by atoms with van der Waals surface area (Å²) in [6, 6.07) is 18.5. The number of nitrogens with two attached hydrogens (primary N) is 1. The molecule has 0 bridgehead atoms. The minimum atomic E-state index is -1.60. The van der Waals surface area contributed by atoms with E-state index in [1.54, 1.807) is 48.5 Å². The third kappa shape index (κ3) is 5.33. The van der Waals surface area contributed by atoms with Crippen molar-refractivity contribution in [2.75, 3.05) is 0 Å². The summed E-state index contributed by atoms with van der Waals surface area (Å²) in [7, 11) is 0. The summed E-state index contributed by atoms with van der Waals surface area (Å²) in [5, 5.41) is 19.3. The normalized spacial score (nSPS) is 12.5. The van der Waals surface area contributed by atoms with Crippen molar-refractivity contribution in [3.05, 3.63) is 95.6 Å². The predicted molar refractivity (Wildman–Crippen MR) is 110 cm³/mol. The van der Waals surface area contributed by atoms with Crippen molar-refractivity contribution in [3.63, 3.8) is 0 Å². The lowest BCUT2D eigenvalue weighted by molar-refractivity contribution is -0.141. The van der Waals surface area contributed by atoms with Gasteiger partial charge in [-0.3, -0.25) is 4.79 Å². The summed E-state index contributed by atoms with van der Waals surface area (Å²) in [6.45, 7) is 0. The van der Waals surface area contributed by atoms with Gasteiger partial charge in [-0.05, 0) is 42.0 Å². The molecule has 0 aliphatic heterocycles. The maximum Gasteiger partial charge on any atom is 0.343 e. The van der Waals surface area contributed by atoms with Crippen molar-refractivity contribution < 1.29 is 34.1 Å². The number of carbonyl (C=O) groups excluding carboxylic acids is 2. The van der Waals surface area contributed by atoms with Crippen molar-refractivity contribution in [1.82, 2.24) is 0 Å². The summed E-state index contributed by atoms with van der Waals surface area (Å²) in [5.74, 6) is -3.08. The van der Waals surface area contributed by atoms with Crippen LogP contribution in [0.1, 0.15) is 32.4 Å². The molecule has 3 rings (SSSR count). The molecule has 3 aromatic rings. The highest BCUT2D eigenvalue weighted by molar-refractivity contribution is 5.93. The van der Waals surface area contributed by atoms with E-state index in [0.29, 0.717) is 0 Å². The van der Waals surface area contributed by atoms with Crippen LogP contribution in [-0.4, -0.2) is 34.2 Å². The van der Waals surface area contributed by atoms with Crippen LogP contribution in [0.3, 0.4) is 0 Å². The second kappa shape index (κ2) is 9.66. The first-order valence-corrected chi connectivity index (χ1v) is 9.21. The molecule has 0 aliphatic carbocycles. The lowest BCUT2D eigenvalue weighted by atomic mass is 10.0.